The van der Waals surface area contributed by atoms with Gasteiger partial charge >= 0.3 is 0 Å². The average Bonchev–Trinajstić information content (AvgIpc) is 3.19. The smallest absolute Gasteiger partial charge is 0.161 e. The van der Waals surface area contributed by atoms with Gasteiger partial charge in [-0.05, 0) is 31.0 Å². The zero-order valence-corrected chi connectivity index (χ0v) is 14.7. The molecule has 1 atom stereocenters. The standard InChI is InChI=1S/C19H25N3O3/c1-22-13-15(11-20-12-16-4-2-7-23-16)19(21-22)14-5-6-17-18(10-14)25-9-3-8-24-17/h5-6,10,13,16,20H,2-4,7-9,11-12H2,1H3. The summed E-state index contributed by atoms with van der Waals surface area (Å²) in [5.41, 5.74) is 3.21. The monoisotopic (exact) mass is 343 g/mol. The van der Waals surface area contributed by atoms with E-state index >= 15 is 0 Å². The summed E-state index contributed by atoms with van der Waals surface area (Å²) in [4.78, 5) is 0. The molecule has 134 valence electrons. The average molecular weight is 343 g/mol. The minimum atomic E-state index is 0.346. The van der Waals surface area contributed by atoms with Gasteiger partial charge in [-0.2, -0.15) is 5.10 Å². The highest BCUT2D eigenvalue weighted by molar-refractivity contribution is 5.66. The van der Waals surface area contributed by atoms with Crippen molar-refractivity contribution in [3.05, 3.63) is 30.0 Å². The van der Waals surface area contributed by atoms with Crippen LogP contribution in [0.1, 0.15) is 24.8 Å². The fourth-order valence-corrected chi connectivity index (χ4v) is 3.39. The minimum absolute atomic E-state index is 0.346. The van der Waals surface area contributed by atoms with Gasteiger partial charge in [-0.3, -0.25) is 4.68 Å². The molecule has 6 heteroatoms. The molecule has 1 saturated heterocycles. The molecule has 0 bridgehead atoms. The molecule has 25 heavy (non-hydrogen) atoms. The van der Waals surface area contributed by atoms with Crippen LogP contribution in [0.2, 0.25) is 0 Å². The molecule has 0 aliphatic carbocycles. The van der Waals surface area contributed by atoms with Gasteiger partial charge in [-0.1, -0.05) is 0 Å². The molecule has 1 aromatic heterocycles. The summed E-state index contributed by atoms with van der Waals surface area (Å²) in [6.45, 7) is 3.94. The van der Waals surface area contributed by atoms with Crippen molar-refractivity contribution in [1.29, 1.82) is 0 Å². The molecule has 1 fully saturated rings. The number of aryl methyl sites for hydroxylation is 1. The Morgan fingerprint density at radius 1 is 1.16 bits per heavy atom. The first-order chi connectivity index (χ1) is 12.3. The van der Waals surface area contributed by atoms with Crippen LogP contribution in [-0.2, 0) is 18.3 Å². The predicted octanol–water partition coefficient (Wildman–Crippen LogP) is 2.52. The van der Waals surface area contributed by atoms with Crippen LogP contribution in [0.25, 0.3) is 11.3 Å². The number of nitrogens with one attached hydrogen (secondary N) is 1. The number of fused-ring (bicyclic) bond motifs is 1. The van der Waals surface area contributed by atoms with Gasteiger partial charge in [0.15, 0.2) is 11.5 Å². The molecular weight excluding hydrogens is 318 g/mol. The van der Waals surface area contributed by atoms with Gasteiger partial charge in [0.05, 0.1) is 25.0 Å². The van der Waals surface area contributed by atoms with Crippen molar-refractivity contribution in [3.63, 3.8) is 0 Å². The number of ether oxygens (including phenoxy) is 3. The quantitative estimate of drug-likeness (QED) is 0.904. The Balaban J connectivity index is 1.50. The summed E-state index contributed by atoms with van der Waals surface area (Å²) >= 11 is 0. The van der Waals surface area contributed by atoms with Gasteiger partial charge in [0.1, 0.15) is 0 Å². The first kappa shape index (κ1) is 16.4. The van der Waals surface area contributed by atoms with Gasteiger partial charge in [0.2, 0.25) is 0 Å². The van der Waals surface area contributed by atoms with Gasteiger partial charge in [-0.25, -0.2) is 0 Å². The molecule has 2 aliphatic heterocycles. The Kier molecular flexibility index (Phi) is 4.90. The van der Waals surface area contributed by atoms with E-state index in [0.717, 1.165) is 55.3 Å². The third-order valence-corrected chi connectivity index (χ3v) is 4.64. The summed E-state index contributed by atoms with van der Waals surface area (Å²) in [6, 6.07) is 6.07. The number of aromatic nitrogens is 2. The first-order valence-electron chi connectivity index (χ1n) is 9.04. The molecule has 4 rings (SSSR count). The van der Waals surface area contributed by atoms with E-state index in [1.807, 2.05) is 23.9 Å². The van der Waals surface area contributed by atoms with Crippen LogP contribution in [0.5, 0.6) is 11.5 Å². The highest BCUT2D eigenvalue weighted by atomic mass is 16.5. The lowest BCUT2D eigenvalue weighted by Gasteiger charge is -2.11. The minimum Gasteiger partial charge on any atom is -0.490 e. The Morgan fingerprint density at radius 3 is 2.88 bits per heavy atom. The van der Waals surface area contributed by atoms with E-state index in [4.69, 9.17) is 14.2 Å². The third kappa shape index (κ3) is 3.80. The van der Waals surface area contributed by atoms with E-state index in [-0.39, 0.29) is 0 Å². The van der Waals surface area contributed by atoms with Crippen LogP contribution in [0.4, 0.5) is 0 Å². The Hall–Kier alpha value is -2.05. The van der Waals surface area contributed by atoms with E-state index in [9.17, 15) is 0 Å². The van der Waals surface area contributed by atoms with Crippen LogP contribution >= 0.6 is 0 Å². The fraction of sp³-hybridized carbons (Fsp3) is 0.526. The van der Waals surface area contributed by atoms with Gasteiger partial charge in [-0.15, -0.1) is 0 Å². The van der Waals surface area contributed by atoms with E-state index in [1.54, 1.807) is 0 Å². The maximum Gasteiger partial charge on any atom is 0.161 e. The number of nitrogens with zero attached hydrogens (tertiary/aromatic N) is 2. The zero-order valence-electron chi connectivity index (χ0n) is 14.7. The van der Waals surface area contributed by atoms with Crippen molar-refractivity contribution < 1.29 is 14.2 Å². The molecule has 1 aromatic carbocycles. The molecule has 1 unspecified atom stereocenters. The molecule has 6 nitrogen and oxygen atoms in total. The zero-order chi connectivity index (χ0) is 17.1. The molecule has 1 N–H and O–H groups in total. The largest absolute Gasteiger partial charge is 0.490 e. The van der Waals surface area contributed by atoms with Crippen LogP contribution in [0, 0.1) is 0 Å². The normalized spacial score (nSPS) is 19.8. The maximum atomic E-state index is 5.81. The van der Waals surface area contributed by atoms with Gasteiger partial charge in [0, 0.05) is 50.5 Å². The highest BCUT2D eigenvalue weighted by Gasteiger charge is 2.17. The number of rotatable bonds is 5. The molecule has 0 spiro atoms. The van der Waals surface area contributed by atoms with Crippen LogP contribution in [0.3, 0.4) is 0 Å². The third-order valence-electron chi connectivity index (χ3n) is 4.64. The molecular formula is C19H25N3O3. The second-order valence-corrected chi connectivity index (χ2v) is 6.65. The topological polar surface area (TPSA) is 57.5 Å². The van der Waals surface area contributed by atoms with Gasteiger partial charge < -0.3 is 19.5 Å². The van der Waals surface area contributed by atoms with Gasteiger partial charge in [0.25, 0.3) is 0 Å². The second kappa shape index (κ2) is 7.45. The SMILES string of the molecule is Cn1cc(CNCC2CCCO2)c(-c2ccc3c(c2)OCCCO3)n1. The number of benzene rings is 1. The van der Waals surface area contributed by atoms with Crippen molar-refractivity contribution >= 4 is 0 Å². The van der Waals surface area contributed by atoms with Crippen molar-refractivity contribution in [1.82, 2.24) is 15.1 Å². The summed E-state index contributed by atoms with van der Waals surface area (Å²) in [5, 5.41) is 8.16. The molecule has 0 radical (unpaired) electrons. The Labute approximate surface area is 148 Å². The lowest BCUT2D eigenvalue weighted by atomic mass is 10.1. The highest BCUT2D eigenvalue weighted by Crippen LogP contribution is 2.34. The lowest BCUT2D eigenvalue weighted by Crippen LogP contribution is -2.25. The summed E-state index contributed by atoms with van der Waals surface area (Å²) in [7, 11) is 1.95. The van der Waals surface area contributed by atoms with Crippen molar-refractivity contribution in [3.8, 4) is 22.8 Å². The fourth-order valence-electron chi connectivity index (χ4n) is 3.39. The molecule has 0 amide bonds. The summed E-state index contributed by atoms with van der Waals surface area (Å²) in [5.74, 6) is 1.62. The van der Waals surface area contributed by atoms with Crippen molar-refractivity contribution in [2.24, 2.45) is 7.05 Å². The molecule has 0 saturated carbocycles. The van der Waals surface area contributed by atoms with Crippen molar-refractivity contribution in [2.75, 3.05) is 26.4 Å². The van der Waals surface area contributed by atoms with E-state index in [0.29, 0.717) is 19.3 Å². The molecule has 3 heterocycles. The molecule has 2 aromatic rings. The van der Waals surface area contributed by atoms with E-state index in [2.05, 4.69) is 22.7 Å². The summed E-state index contributed by atoms with van der Waals surface area (Å²) in [6.07, 6.45) is 5.64. The second-order valence-electron chi connectivity index (χ2n) is 6.65. The molecule has 2 aliphatic rings. The van der Waals surface area contributed by atoms with Crippen LogP contribution < -0.4 is 14.8 Å². The van der Waals surface area contributed by atoms with Crippen molar-refractivity contribution in [2.45, 2.75) is 31.9 Å². The van der Waals surface area contributed by atoms with E-state index < -0.39 is 0 Å². The Morgan fingerprint density at radius 2 is 2.04 bits per heavy atom. The number of hydrogen-bond acceptors (Lipinski definition) is 5. The number of hydrogen-bond donors (Lipinski definition) is 1. The van der Waals surface area contributed by atoms with Crippen LogP contribution in [0.15, 0.2) is 24.4 Å². The Bertz CT molecular complexity index is 723. The predicted molar refractivity (Wildman–Crippen MR) is 94.9 cm³/mol. The summed E-state index contributed by atoms with van der Waals surface area (Å²) < 4.78 is 19.1. The van der Waals surface area contributed by atoms with Crippen LogP contribution in [-0.4, -0.2) is 42.2 Å². The first-order valence-corrected chi connectivity index (χ1v) is 9.04. The van der Waals surface area contributed by atoms with E-state index in [1.165, 1.54) is 12.0 Å². The lowest BCUT2D eigenvalue weighted by molar-refractivity contribution is 0.110. The maximum absolute atomic E-state index is 5.81.